The van der Waals surface area contributed by atoms with E-state index < -0.39 is 0 Å². The van der Waals surface area contributed by atoms with Crippen LogP contribution in [0.5, 0.6) is 5.75 Å². The van der Waals surface area contributed by atoms with Crippen LogP contribution in [0, 0.1) is 5.92 Å². The Hall–Kier alpha value is -1.03. The third-order valence-electron chi connectivity index (χ3n) is 3.14. The summed E-state index contributed by atoms with van der Waals surface area (Å²) < 4.78 is 5.51. The molecular weight excluding hydrogens is 318 g/mol. The van der Waals surface area contributed by atoms with Gasteiger partial charge in [0, 0.05) is 11.9 Å². The number of hydrogen-bond donors (Lipinski definition) is 1. The number of hydrogen-bond acceptors (Lipinski definition) is 2. The maximum absolute atomic E-state index is 11.7. The summed E-state index contributed by atoms with van der Waals surface area (Å²) in [7, 11) is 0. The monoisotopic (exact) mass is 341 g/mol. The molecule has 1 amide bonds. The first-order valence-corrected chi connectivity index (χ1v) is 8.39. The van der Waals surface area contributed by atoms with Gasteiger partial charge in [0.05, 0.1) is 13.0 Å². The Kier molecular flexibility index (Phi) is 9.13. The number of alkyl halides is 1. The Labute approximate surface area is 130 Å². The SMILES string of the molecule is CCCC(CCBr)CNC(=O)CCOc1ccccc1. The van der Waals surface area contributed by atoms with E-state index in [1.807, 2.05) is 30.3 Å². The first kappa shape index (κ1) is 17.0. The molecule has 1 N–H and O–H groups in total. The molecule has 0 saturated carbocycles. The van der Waals surface area contributed by atoms with Gasteiger partial charge in [0.2, 0.25) is 5.91 Å². The Morgan fingerprint density at radius 2 is 2.05 bits per heavy atom. The summed E-state index contributed by atoms with van der Waals surface area (Å²) >= 11 is 3.46. The van der Waals surface area contributed by atoms with Crippen LogP contribution >= 0.6 is 15.9 Å². The zero-order valence-electron chi connectivity index (χ0n) is 12.1. The van der Waals surface area contributed by atoms with Gasteiger partial charge in [-0.05, 0) is 30.9 Å². The van der Waals surface area contributed by atoms with Gasteiger partial charge in [0.15, 0.2) is 0 Å². The van der Waals surface area contributed by atoms with Gasteiger partial charge in [-0.15, -0.1) is 0 Å². The fraction of sp³-hybridized carbons (Fsp3) is 0.562. The lowest BCUT2D eigenvalue weighted by Crippen LogP contribution is -2.30. The zero-order valence-corrected chi connectivity index (χ0v) is 13.7. The molecule has 0 aliphatic rings. The average molecular weight is 342 g/mol. The second-order valence-electron chi connectivity index (χ2n) is 4.85. The van der Waals surface area contributed by atoms with Crippen molar-refractivity contribution in [3.63, 3.8) is 0 Å². The van der Waals surface area contributed by atoms with Crippen LogP contribution in [0.25, 0.3) is 0 Å². The highest BCUT2D eigenvalue weighted by atomic mass is 79.9. The van der Waals surface area contributed by atoms with Gasteiger partial charge in [-0.3, -0.25) is 4.79 Å². The third kappa shape index (κ3) is 7.53. The van der Waals surface area contributed by atoms with Gasteiger partial charge >= 0.3 is 0 Å². The van der Waals surface area contributed by atoms with Crippen LogP contribution in [0.4, 0.5) is 0 Å². The summed E-state index contributed by atoms with van der Waals surface area (Å²) in [5.74, 6) is 1.44. The number of carbonyl (C=O) groups excluding carboxylic acids is 1. The second-order valence-corrected chi connectivity index (χ2v) is 5.64. The van der Waals surface area contributed by atoms with E-state index >= 15 is 0 Å². The van der Waals surface area contributed by atoms with Gasteiger partial charge in [-0.2, -0.15) is 0 Å². The maximum Gasteiger partial charge on any atom is 0.223 e. The molecule has 0 aromatic heterocycles. The highest BCUT2D eigenvalue weighted by Gasteiger charge is 2.09. The summed E-state index contributed by atoms with van der Waals surface area (Å²) in [4.78, 5) is 11.7. The minimum absolute atomic E-state index is 0.0663. The highest BCUT2D eigenvalue weighted by Crippen LogP contribution is 2.12. The lowest BCUT2D eigenvalue weighted by molar-refractivity contribution is -0.121. The van der Waals surface area contributed by atoms with Crippen molar-refractivity contribution in [1.82, 2.24) is 5.32 Å². The molecule has 1 unspecified atom stereocenters. The van der Waals surface area contributed by atoms with E-state index in [4.69, 9.17) is 4.74 Å². The molecule has 0 aliphatic carbocycles. The van der Waals surface area contributed by atoms with Crippen molar-refractivity contribution in [2.75, 3.05) is 18.5 Å². The number of rotatable bonds is 10. The number of ether oxygens (including phenoxy) is 1. The van der Waals surface area contributed by atoms with Crippen LogP contribution in [-0.2, 0) is 4.79 Å². The van der Waals surface area contributed by atoms with Crippen LogP contribution in [0.15, 0.2) is 30.3 Å². The second kappa shape index (κ2) is 10.7. The van der Waals surface area contributed by atoms with Crippen molar-refractivity contribution in [2.24, 2.45) is 5.92 Å². The van der Waals surface area contributed by atoms with Crippen molar-refractivity contribution in [3.05, 3.63) is 30.3 Å². The number of nitrogens with one attached hydrogen (secondary N) is 1. The molecule has 112 valence electrons. The predicted molar refractivity (Wildman–Crippen MR) is 86.4 cm³/mol. The molecule has 0 fully saturated rings. The van der Waals surface area contributed by atoms with Crippen LogP contribution in [0.2, 0.25) is 0 Å². The molecule has 20 heavy (non-hydrogen) atoms. The average Bonchev–Trinajstić information content (AvgIpc) is 2.46. The first-order chi connectivity index (χ1) is 9.76. The summed E-state index contributed by atoms with van der Waals surface area (Å²) in [6.45, 7) is 3.37. The normalized spacial score (nSPS) is 11.9. The quantitative estimate of drug-likeness (QED) is 0.658. The molecule has 1 atom stereocenters. The maximum atomic E-state index is 11.7. The van der Waals surface area contributed by atoms with E-state index in [0.717, 1.165) is 36.9 Å². The Morgan fingerprint density at radius 3 is 2.70 bits per heavy atom. The minimum atomic E-state index is 0.0663. The number of halogens is 1. The fourth-order valence-corrected chi connectivity index (χ4v) is 2.68. The van der Waals surface area contributed by atoms with Gasteiger partial charge < -0.3 is 10.1 Å². The predicted octanol–water partition coefficient (Wildman–Crippen LogP) is 3.77. The molecule has 0 saturated heterocycles. The van der Waals surface area contributed by atoms with Crippen molar-refractivity contribution < 1.29 is 9.53 Å². The standard InChI is InChI=1S/C16H24BrNO2/c1-2-6-14(9-11-17)13-18-16(19)10-12-20-15-7-4-3-5-8-15/h3-5,7-8,14H,2,6,9-13H2,1H3,(H,18,19). The summed E-state index contributed by atoms with van der Waals surface area (Å²) in [5, 5.41) is 3.99. The van der Waals surface area contributed by atoms with E-state index in [9.17, 15) is 4.79 Å². The van der Waals surface area contributed by atoms with E-state index in [-0.39, 0.29) is 5.91 Å². The van der Waals surface area contributed by atoms with Gasteiger partial charge in [0.1, 0.15) is 5.75 Å². The molecule has 3 nitrogen and oxygen atoms in total. The lowest BCUT2D eigenvalue weighted by atomic mass is 10.0. The van der Waals surface area contributed by atoms with Crippen LogP contribution in [0.1, 0.15) is 32.6 Å². The first-order valence-electron chi connectivity index (χ1n) is 7.26. The van der Waals surface area contributed by atoms with E-state index in [1.54, 1.807) is 0 Å². The summed E-state index contributed by atoms with van der Waals surface area (Å²) in [5.41, 5.74) is 0. The van der Waals surface area contributed by atoms with Gasteiger partial charge in [0.25, 0.3) is 0 Å². The molecule has 1 rings (SSSR count). The fourth-order valence-electron chi connectivity index (χ4n) is 2.04. The number of benzene rings is 1. The zero-order chi connectivity index (χ0) is 14.6. The largest absolute Gasteiger partial charge is 0.493 e. The van der Waals surface area contributed by atoms with E-state index in [0.29, 0.717) is 18.9 Å². The molecule has 0 aliphatic heterocycles. The molecule has 1 aromatic carbocycles. The summed E-state index contributed by atoms with van der Waals surface area (Å²) in [6, 6.07) is 9.57. The number of para-hydroxylation sites is 1. The molecule has 0 bridgehead atoms. The molecule has 1 aromatic rings. The van der Waals surface area contributed by atoms with Crippen LogP contribution < -0.4 is 10.1 Å². The summed E-state index contributed by atoms with van der Waals surface area (Å²) in [6.07, 6.45) is 3.83. The van der Waals surface area contributed by atoms with Gasteiger partial charge in [-0.25, -0.2) is 0 Å². The van der Waals surface area contributed by atoms with E-state index in [2.05, 4.69) is 28.2 Å². The van der Waals surface area contributed by atoms with Crippen molar-refractivity contribution in [1.29, 1.82) is 0 Å². The Morgan fingerprint density at radius 1 is 1.30 bits per heavy atom. The van der Waals surface area contributed by atoms with Crippen molar-refractivity contribution >= 4 is 21.8 Å². The molecule has 0 spiro atoms. The van der Waals surface area contributed by atoms with Crippen molar-refractivity contribution in [2.45, 2.75) is 32.6 Å². The van der Waals surface area contributed by atoms with E-state index in [1.165, 1.54) is 0 Å². The van der Waals surface area contributed by atoms with Crippen molar-refractivity contribution in [3.8, 4) is 5.75 Å². The molecular formula is C16H24BrNO2. The molecule has 4 heteroatoms. The number of carbonyl (C=O) groups is 1. The lowest BCUT2D eigenvalue weighted by Gasteiger charge is -2.15. The Bertz CT molecular complexity index is 364. The smallest absolute Gasteiger partial charge is 0.223 e. The van der Waals surface area contributed by atoms with Crippen LogP contribution in [-0.4, -0.2) is 24.4 Å². The highest BCUT2D eigenvalue weighted by molar-refractivity contribution is 9.09. The topological polar surface area (TPSA) is 38.3 Å². The molecule has 0 heterocycles. The van der Waals surface area contributed by atoms with Crippen LogP contribution in [0.3, 0.4) is 0 Å². The third-order valence-corrected chi connectivity index (χ3v) is 3.60. The molecule has 0 radical (unpaired) electrons. The Balaban J connectivity index is 2.16. The number of amides is 1. The van der Waals surface area contributed by atoms with Gasteiger partial charge in [-0.1, -0.05) is 47.5 Å². The minimum Gasteiger partial charge on any atom is -0.493 e.